The van der Waals surface area contributed by atoms with E-state index >= 15 is 0 Å². The third-order valence-corrected chi connectivity index (χ3v) is 3.06. The van der Waals surface area contributed by atoms with E-state index in [2.05, 4.69) is 38.1 Å². The van der Waals surface area contributed by atoms with Gasteiger partial charge in [-0.2, -0.15) is 0 Å². The fraction of sp³-hybridized carbons (Fsp3) is 0.455. The predicted molar refractivity (Wildman–Crippen MR) is 58.6 cm³/mol. The maximum Gasteiger partial charge on any atom is -0.0242 e. The van der Waals surface area contributed by atoms with E-state index in [0.717, 1.165) is 8.58 Å². The number of rotatable bonds is 4. The number of hydrogen-bond acceptors (Lipinski definition) is 0. The molecule has 12 heavy (non-hydrogen) atoms. The SMILES string of the molecule is CCPCCc1ccc(C)cc1. The van der Waals surface area contributed by atoms with Crippen LogP contribution in [0.3, 0.4) is 0 Å². The average Bonchev–Trinajstić information content (AvgIpc) is 2.09. The molecule has 0 N–H and O–H groups in total. The molecule has 0 fully saturated rings. The summed E-state index contributed by atoms with van der Waals surface area (Å²) in [6.45, 7) is 4.39. The first-order chi connectivity index (χ1) is 5.83. The van der Waals surface area contributed by atoms with Crippen molar-refractivity contribution in [2.24, 2.45) is 0 Å². The van der Waals surface area contributed by atoms with E-state index in [1.54, 1.807) is 0 Å². The molecule has 66 valence electrons. The Balaban J connectivity index is 2.37. The first-order valence-electron chi connectivity index (χ1n) is 4.59. The zero-order chi connectivity index (χ0) is 8.81. The van der Waals surface area contributed by atoms with Gasteiger partial charge in [0, 0.05) is 0 Å². The molecule has 0 aromatic heterocycles. The Morgan fingerprint density at radius 1 is 1.17 bits per heavy atom. The molecule has 0 radical (unpaired) electrons. The average molecular weight is 180 g/mol. The monoisotopic (exact) mass is 180 g/mol. The molecule has 0 aliphatic heterocycles. The summed E-state index contributed by atoms with van der Waals surface area (Å²) in [5.41, 5.74) is 2.85. The van der Waals surface area contributed by atoms with Gasteiger partial charge >= 0.3 is 0 Å². The summed E-state index contributed by atoms with van der Waals surface area (Å²) in [4.78, 5) is 0. The van der Waals surface area contributed by atoms with Gasteiger partial charge in [0.15, 0.2) is 0 Å². The molecule has 0 aliphatic rings. The van der Waals surface area contributed by atoms with Crippen molar-refractivity contribution in [1.82, 2.24) is 0 Å². The lowest BCUT2D eigenvalue weighted by Gasteiger charge is -2.00. The summed E-state index contributed by atoms with van der Waals surface area (Å²) >= 11 is 0. The van der Waals surface area contributed by atoms with Crippen molar-refractivity contribution in [2.75, 3.05) is 12.3 Å². The Morgan fingerprint density at radius 3 is 2.42 bits per heavy atom. The standard InChI is InChI=1S/C11H17P/c1-3-12-9-8-11-6-4-10(2)5-7-11/h4-7,12H,3,8-9H2,1-2H3. The molecule has 1 atom stereocenters. The van der Waals surface area contributed by atoms with Crippen LogP contribution in [0.5, 0.6) is 0 Å². The van der Waals surface area contributed by atoms with Gasteiger partial charge in [-0.05, 0) is 31.2 Å². The van der Waals surface area contributed by atoms with E-state index in [-0.39, 0.29) is 0 Å². The molecule has 0 nitrogen and oxygen atoms in total. The van der Waals surface area contributed by atoms with Crippen LogP contribution in [-0.2, 0) is 6.42 Å². The van der Waals surface area contributed by atoms with Gasteiger partial charge in [-0.15, -0.1) is 8.58 Å². The molecule has 0 bridgehead atoms. The van der Waals surface area contributed by atoms with Gasteiger partial charge in [0.05, 0.1) is 0 Å². The highest BCUT2D eigenvalue weighted by Gasteiger charge is 1.91. The van der Waals surface area contributed by atoms with Crippen molar-refractivity contribution in [1.29, 1.82) is 0 Å². The lowest BCUT2D eigenvalue weighted by molar-refractivity contribution is 1.14. The predicted octanol–water partition coefficient (Wildman–Crippen LogP) is 3.24. The second-order valence-electron chi connectivity index (χ2n) is 3.09. The van der Waals surface area contributed by atoms with Gasteiger partial charge in [-0.1, -0.05) is 36.8 Å². The van der Waals surface area contributed by atoms with Crippen molar-refractivity contribution < 1.29 is 0 Å². The van der Waals surface area contributed by atoms with E-state index in [1.807, 2.05) is 0 Å². The normalized spacial score (nSPS) is 11.2. The highest BCUT2D eigenvalue weighted by Crippen LogP contribution is 2.12. The van der Waals surface area contributed by atoms with Crippen molar-refractivity contribution in [2.45, 2.75) is 20.3 Å². The maximum absolute atomic E-state index is 2.26. The third-order valence-electron chi connectivity index (χ3n) is 1.96. The number of hydrogen-bond donors (Lipinski definition) is 0. The van der Waals surface area contributed by atoms with Crippen LogP contribution in [0.15, 0.2) is 24.3 Å². The van der Waals surface area contributed by atoms with Crippen LogP contribution in [0.1, 0.15) is 18.1 Å². The van der Waals surface area contributed by atoms with E-state index in [4.69, 9.17) is 0 Å². The fourth-order valence-electron chi connectivity index (χ4n) is 1.16. The van der Waals surface area contributed by atoms with Gasteiger partial charge in [0.2, 0.25) is 0 Å². The highest BCUT2D eigenvalue weighted by molar-refractivity contribution is 7.37. The quantitative estimate of drug-likeness (QED) is 0.493. The summed E-state index contributed by atoms with van der Waals surface area (Å²) in [6, 6.07) is 8.89. The zero-order valence-electron chi connectivity index (χ0n) is 7.93. The van der Waals surface area contributed by atoms with Crippen LogP contribution in [-0.4, -0.2) is 12.3 Å². The first kappa shape index (κ1) is 9.74. The Bertz CT molecular complexity index is 213. The number of benzene rings is 1. The Kier molecular flexibility index (Phi) is 4.32. The second kappa shape index (κ2) is 5.32. The Hall–Kier alpha value is -0.350. The third kappa shape index (κ3) is 3.36. The summed E-state index contributed by atoms with van der Waals surface area (Å²) in [5, 5.41) is 0. The van der Waals surface area contributed by atoms with Crippen LogP contribution in [0.4, 0.5) is 0 Å². The smallest absolute Gasteiger partial charge is 0.0242 e. The topological polar surface area (TPSA) is 0 Å². The van der Waals surface area contributed by atoms with Crippen molar-refractivity contribution >= 4 is 8.58 Å². The summed E-state index contributed by atoms with van der Waals surface area (Å²) < 4.78 is 0. The van der Waals surface area contributed by atoms with Crippen molar-refractivity contribution in [3.63, 3.8) is 0 Å². The number of aryl methyl sites for hydroxylation is 2. The molecule has 0 heterocycles. The zero-order valence-corrected chi connectivity index (χ0v) is 8.93. The van der Waals surface area contributed by atoms with E-state index in [1.165, 1.54) is 29.9 Å². The Labute approximate surface area is 77.2 Å². The molecule has 0 saturated carbocycles. The van der Waals surface area contributed by atoms with E-state index in [0.29, 0.717) is 0 Å². The fourth-order valence-corrected chi connectivity index (χ4v) is 1.98. The lowest BCUT2D eigenvalue weighted by atomic mass is 10.1. The van der Waals surface area contributed by atoms with Gasteiger partial charge < -0.3 is 0 Å². The Morgan fingerprint density at radius 2 is 1.83 bits per heavy atom. The van der Waals surface area contributed by atoms with Crippen LogP contribution in [0, 0.1) is 6.92 Å². The van der Waals surface area contributed by atoms with Crippen LogP contribution in [0.25, 0.3) is 0 Å². The second-order valence-corrected chi connectivity index (χ2v) is 4.80. The molecule has 1 rings (SSSR count). The molecular formula is C11H17P. The van der Waals surface area contributed by atoms with Gasteiger partial charge in [0.25, 0.3) is 0 Å². The largest absolute Gasteiger partial charge is 0.122 e. The van der Waals surface area contributed by atoms with Gasteiger partial charge in [0.1, 0.15) is 0 Å². The molecule has 0 saturated heterocycles. The van der Waals surface area contributed by atoms with Crippen LogP contribution >= 0.6 is 8.58 Å². The molecule has 0 spiro atoms. The summed E-state index contributed by atoms with van der Waals surface area (Å²) in [6.07, 6.45) is 3.96. The molecule has 0 amide bonds. The first-order valence-corrected chi connectivity index (χ1v) is 6.00. The summed E-state index contributed by atoms with van der Waals surface area (Å²) in [7, 11) is 1.14. The van der Waals surface area contributed by atoms with E-state index < -0.39 is 0 Å². The molecule has 1 aromatic carbocycles. The minimum Gasteiger partial charge on any atom is -0.122 e. The van der Waals surface area contributed by atoms with Crippen molar-refractivity contribution in [3.8, 4) is 0 Å². The summed E-state index contributed by atoms with van der Waals surface area (Å²) in [5.74, 6) is 0. The van der Waals surface area contributed by atoms with Crippen LogP contribution in [0.2, 0.25) is 0 Å². The maximum atomic E-state index is 2.26. The van der Waals surface area contributed by atoms with Crippen LogP contribution < -0.4 is 0 Å². The van der Waals surface area contributed by atoms with Gasteiger partial charge in [-0.3, -0.25) is 0 Å². The highest BCUT2D eigenvalue weighted by atomic mass is 31.1. The molecule has 0 aliphatic carbocycles. The van der Waals surface area contributed by atoms with Crippen molar-refractivity contribution in [3.05, 3.63) is 35.4 Å². The van der Waals surface area contributed by atoms with E-state index in [9.17, 15) is 0 Å². The molecule has 1 unspecified atom stereocenters. The lowest BCUT2D eigenvalue weighted by Crippen LogP contribution is -1.87. The minimum absolute atomic E-state index is 1.14. The molecule has 1 aromatic rings. The van der Waals surface area contributed by atoms with Gasteiger partial charge in [-0.25, -0.2) is 0 Å². The molecular weight excluding hydrogens is 163 g/mol. The molecule has 1 heteroatoms. The minimum atomic E-state index is 1.14.